The van der Waals surface area contributed by atoms with Gasteiger partial charge in [-0.1, -0.05) is 34.8 Å². The van der Waals surface area contributed by atoms with Gasteiger partial charge in [0.25, 0.3) is 0 Å². The first-order valence-electron chi connectivity index (χ1n) is 4.09. The van der Waals surface area contributed by atoms with Crippen LogP contribution in [0.3, 0.4) is 0 Å². The number of pyridine rings is 1. The van der Waals surface area contributed by atoms with E-state index in [9.17, 15) is 10.1 Å². The summed E-state index contributed by atoms with van der Waals surface area (Å²) in [6.07, 6.45) is 0. The standard InChI is InChI=1S/C9H3Cl3N2O2/c10-4-1-2-6-5(3-4)7(11)8(14(15)16)9(12)13-6/h1-3H. The predicted molar refractivity (Wildman–Crippen MR) is 63.4 cm³/mol. The Morgan fingerprint density at radius 1 is 1.25 bits per heavy atom. The van der Waals surface area contributed by atoms with E-state index in [4.69, 9.17) is 34.8 Å². The van der Waals surface area contributed by atoms with Crippen LogP contribution in [0.15, 0.2) is 18.2 Å². The molecule has 0 amide bonds. The summed E-state index contributed by atoms with van der Waals surface area (Å²) in [4.78, 5) is 13.9. The van der Waals surface area contributed by atoms with Crippen molar-refractivity contribution in [3.05, 3.63) is 43.5 Å². The summed E-state index contributed by atoms with van der Waals surface area (Å²) in [5, 5.41) is 11.3. The Kier molecular flexibility index (Phi) is 2.88. The molecule has 0 N–H and O–H groups in total. The Hall–Kier alpha value is -1.10. The van der Waals surface area contributed by atoms with Crippen molar-refractivity contribution in [1.29, 1.82) is 0 Å². The SMILES string of the molecule is O=[N+]([O-])c1c(Cl)nc2ccc(Cl)cc2c1Cl. The monoisotopic (exact) mass is 276 g/mol. The summed E-state index contributed by atoms with van der Waals surface area (Å²) < 4.78 is 0. The van der Waals surface area contributed by atoms with Crippen molar-refractivity contribution >= 4 is 51.4 Å². The van der Waals surface area contributed by atoms with Gasteiger partial charge in [0.15, 0.2) is 0 Å². The maximum atomic E-state index is 10.7. The van der Waals surface area contributed by atoms with Crippen molar-refractivity contribution in [2.24, 2.45) is 0 Å². The number of benzene rings is 1. The second-order valence-electron chi connectivity index (χ2n) is 2.98. The van der Waals surface area contributed by atoms with Crippen molar-refractivity contribution in [2.75, 3.05) is 0 Å². The second kappa shape index (κ2) is 4.05. The number of hydrogen-bond donors (Lipinski definition) is 0. The van der Waals surface area contributed by atoms with E-state index >= 15 is 0 Å². The van der Waals surface area contributed by atoms with Crippen molar-refractivity contribution < 1.29 is 4.92 Å². The maximum Gasteiger partial charge on any atom is 0.325 e. The van der Waals surface area contributed by atoms with Crippen LogP contribution >= 0.6 is 34.8 Å². The highest BCUT2D eigenvalue weighted by Crippen LogP contribution is 2.37. The molecule has 4 nitrogen and oxygen atoms in total. The van der Waals surface area contributed by atoms with Crippen LogP contribution in [0, 0.1) is 10.1 Å². The van der Waals surface area contributed by atoms with Gasteiger partial charge < -0.3 is 0 Å². The number of fused-ring (bicyclic) bond motifs is 1. The molecule has 0 spiro atoms. The van der Waals surface area contributed by atoms with E-state index in [1.165, 1.54) is 6.07 Å². The molecule has 0 aliphatic heterocycles. The molecule has 0 saturated carbocycles. The van der Waals surface area contributed by atoms with E-state index in [2.05, 4.69) is 4.98 Å². The van der Waals surface area contributed by atoms with Crippen molar-refractivity contribution in [3.63, 3.8) is 0 Å². The Labute approximate surface area is 105 Å². The molecule has 82 valence electrons. The quantitative estimate of drug-likeness (QED) is 0.448. The summed E-state index contributed by atoms with van der Waals surface area (Å²) in [5.41, 5.74) is 0.0584. The van der Waals surface area contributed by atoms with Gasteiger partial charge in [-0.25, -0.2) is 4.98 Å². The molecule has 0 aliphatic carbocycles. The van der Waals surface area contributed by atoms with E-state index in [0.29, 0.717) is 15.9 Å². The minimum Gasteiger partial charge on any atom is -0.258 e. The summed E-state index contributed by atoms with van der Waals surface area (Å²) in [6, 6.07) is 4.71. The van der Waals surface area contributed by atoms with Gasteiger partial charge in [0.05, 0.1) is 10.4 Å². The first-order chi connectivity index (χ1) is 7.50. The highest BCUT2D eigenvalue weighted by atomic mass is 35.5. The highest BCUT2D eigenvalue weighted by Gasteiger charge is 2.22. The highest BCUT2D eigenvalue weighted by molar-refractivity contribution is 6.41. The molecule has 0 atom stereocenters. The second-order valence-corrected chi connectivity index (χ2v) is 4.16. The van der Waals surface area contributed by atoms with Crippen molar-refractivity contribution in [2.45, 2.75) is 0 Å². The van der Waals surface area contributed by atoms with E-state index in [1.54, 1.807) is 12.1 Å². The summed E-state index contributed by atoms with van der Waals surface area (Å²) >= 11 is 17.3. The van der Waals surface area contributed by atoms with Crippen LogP contribution in [0.1, 0.15) is 0 Å². The van der Waals surface area contributed by atoms with Crippen LogP contribution in [0.5, 0.6) is 0 Å². The molecule has 16 heavy (non-hydrogen) atoms. The van der Waals surface area contributed by atoms with Crippen LogP contribution in [-0.2, 0) is 0 Å². The van der Waals surface area contributed by atoms with Crippen LogP contribution in [0.2, 0.25) is 15.2 Å². The molecule has 0 unspecified atom stereocenters. The Morgan fingerprint density at radius 3 is 2.56 bits per heavy atom. The summed E-state index contributed by atoms with van der Waals surface area (Å²) in [7, 11) is 0. The Morgan fingerprint density at radius 2 is 1.94 bits per heavy atom. The molecule has 1 heterocycles. The largest absolute Gasteiger partial charge is 0.325 e. The molecule has 2 aromatic rings. The fourth-order valence-electron chi connectivity index (χ4n) is 1.31. The number of aromatic nitrogens is 1. The van der Waals surface area contributed by atoms with Gasteiger partial charge in [-0.3, -0.25) is 10.1 Å². The van der Waals surface area contributed by atoms with Gasteiger partial charge in [0.1, 0.15) is 5.02 Å². The van der Waals surface area contributed by atoms with Gasteiger partial charge in [-0.15, -0.1) is 0 Å². The van der Waals surface area contributed by atoms with Gasteiger partial charge in [0.2, 0.25) is 5.15 Å². The minimum absolute atomic E-state index is 0.0532. The fourth-order valence-corrected chi connectivity index (χ4v) is 2.10. The number of halogens is 3. The number of nitro groups is 1. The molecule has 0 aliphatic rings. The molecular weight excluding hydrogens is 274 g/mol. The first kappa shape index (κ1) is 11.4. The molecule has 2 rings (SSSR count). The topological polar surface area (TPSA) is 56.0 Å². The van der Waals surface area contributed by atoms with Crippen LogP contribution in [-0.4, -0.2) is 9.91 Å². The molecule has 0 saturated heterocycles. The van der Waals surface area contributed by atoms with Gasteiger partial charge in [-0.05, 0) is 18.2 Å². The predicted octanol–water partition coefficient (Wildman–Crippen LogP) is 4.10. The summed E-state index contributed by atoms with van der Waals surface area (Å²) in [5.74, 6) is 0. The lowest BCUT2D eigenvalue weighted by atomic mass is 10.2. The Balaban J connectivity index is 2.90. The number of nitrogens with zero attached hydrogens (tertiary/aromatic N) is 2. The lowest BCUT2D eigenvalue weighted by Crippen LogP contribution is -1.94. The van der Waals surface area contributed by atoms with Gasteiger partial charge in [0, 0.05) is 10.4 Å². The van der Waals surface area contributed by atoms with E-state index in [-0.39, 0.29) is 10.2 Å². The third-order valence-electron chi connectivity index (χ3n) is 2.00. The van der Waals surface area contributed by atoms with Gasteiger partial charge in [-0.2, -0.15) is 0 Å². The van der Waals surface area contributed by atoms with Crippen LogP contribution < -0.4 is 0 Å². The molecule has 7 heteroatoms. The van der Waals surface area contributed by atoms with Crippen molar-refractivity contribution in [3.8, 4) is 0 Å². The molecule has 0 bridgehead atoms. The van der Waals surface area contributed by atoms with E-state index in [0.717, 1.165) is 0 Å². The third kappa shape index (κ3) is 1.80. The summed E-state index contributed by atoms with van der Waals surface area (Å²) in [6.45, 7) is 0. The van der Waals surface area contributed by atoms with Crippen LogP contribution in [0.25, 0.3) is 10.9 Å². The van der Waals surface area contributed by atoms with E-state index < -0.39 is 10.6 Å². The zero-order valence-corrected chi connectivity index (χ0v) is 9.84. The average Bonchev–Trinajstić information content (AvgIpc) is 2.19. The lowest BCUT2D eigenvalue weighted by molar-refractivity contribution is -0.384. The molecule has 1 aromatic heterocycles. The molecule has 0 fully saturated rings. The van der Waals surface area contributed by atoms with Crippen LogP contribution in [0.4, 0.5) is 5.69 Å². The molecule has 0 radical (unpaired) electrons. The third-order valence-corrected chi connectivity index (χ3v) is 2.88. The number of rotatable bonds is 1. The number of hydrogen-bond acceptors (Lipinski definition) is 3. The lowest BCUT2D eigenvalue weighted by Gasteiger charge is -2.03. The van der Waals surface area contributed by atoms with E-state index in [1.807, 2.05) is 0 Å². The first-order valence-corrected chi connectivity index (χ1v) is 5.22. The zero-order valence-electron chi connectivity index (χ0n) is 7.58. The fraction of sp³-hybridized carbons (Fsp3) is 0. The van der Waals surface area contributed by atoms with Gasteiger partial charge >= 0.3 is 5.69 Å². The molecular formula is C9H3Cl3N2O2. The van der Waals surface area contributed by atoms with Crippen molar-refractivity contribution in [1.82, 2.24) is 4.98 Å². The minimum atomic E-state index is -0.669. The zero-order chi connectivity index (χ0) is 11.9. The Bertz CT molecular complexity index is 601. The smallest absolute Gasteiger partial charge is 0.258 e. The average molecular weight is 277 g/mol. The molecule has 1 aromatic carbocycles. The normalized spacial score (nSPS) is 10.7. The maximum absolute atomic E-state index is 10.7.